The molecule has 0 fully saturated rings. The largest absolute Gasteiger partial charge is 0.493 e. The van der Waals surface area contributed by atoms with Crippen LogP contribution in [0, 0.1) is 6.92 Å². The first kappa shape index (κ1) is 18.4. The van der Waals surface area contributed by atoms with Gasteiger partial charge in [-0.05, 0) is 19.1 Å². The van der Waals surface area contributed by atoms with E-state index in [0.29, 0.717) is 11.5 Å². The number of hydrogen-bond donors (Lipinski definition) is 1. The van der Waals surface area contributed by atoms with Gasteiger partial charge < -0.3 is 19.3 Å². The van der Waals surface area contributed by atoms with Crippen LogP contribution in [0.15, 0.2) is 53.1 Å². The normalized spacial score (nSPS) is 10.7. The number of benzene rings is 2. The summed E-state index contributed by atoms with van der Waals surface area (Å²) >= 11 is 0. The minimum Gasteiger partial charge on any atom is -0.493 e. The summed E-state index contributed by atoms with van der Waals surface area (Å²) in [6, 6.07) is 13.3. The molecular formula is C19H16F2N2O4. The van der Waals surface area contributed by atoms with Crippen molar-refractivity contribution in [2.24, 2.45) is 0 Å². The number of hydrogen-bond acceptors (Lipinski definition) is 5. The van der Waals surface area contributed by atoms with E-state index in [4.69, 9.17) is 9.26 Å². The molecule has 8 heteroatoms. The summed E-state index contributed by atoms with van der Waals surface area (Å²) in [5.41, 5.74) is 1.63. The SMILES string of the molecule is COc1ccc(NC(=O)c2c(-c3ccccc3)noc2C)cc1OC(F)F. The number of nitrogens with zero attached hydrogens (tertiary/aromatic N) is 1. The number of aryl methyl sites for hydroxylation is 1. The van der Waals surface area contributed by atoms with Crippen molar-refractivity contribution in [3.8, 4) is 22.8 Å². The number of amides is 1. The molecule has 1 amide bonds. The molecule has 6 nitrogen and oxygen atoms in total. The molecule has 0 unspecified atom stereocenters. The molecular weight excluding hydrogens is 358 g/mol. The molecule has 1 aromatic heterocycles. The van der Waals surface area contributed by atoms with Crippen molar-refractivity contribution in [2.75, 3.05) is 12.4 Å². The van der Waals surface area contributed by atoms with Crippen LogP contribution in [-0.2, 0) is 0 Å². The lowest BCUT2D eigenvalue weighted by molar-refractivity contribution is -0.0511. The Kier molecular flexibility index (Phi) is 5.35. The fourth-order valence-corrected chi connectivity index (χ4v) is 2.57. The molecule has 0 saturated carbocycles. The third kappa shape index (κ3) is 4.05. The van der Waals surface area contributed by atoms with Crippen LogP contribution in [0.3, 0.4) is 0 Å². The Morgan fingerprint density at radius 2 is 1.89 bits per heavy atom. The lowest BCUT2D eigenvalue weighted by Gasteiger charge is -2.12. The standard InChI is InChI=1S/C19H16F2N2O4/c1-11-16(17(23-27-11)12-6-4-3-5-7-12)18(24)22-13-8-9-14(25-2)15(10-13)26-19(20)21/h3-10,19H,1-2H3,(H,22,24). The number of anilines is 1. The van der Waals surface area contributed by atoms with Crippen LogP contribution in [-0.4, -0.2) is 24.8 Å². The second kappa shape index (κ2) is 7.86. The van der Waals surface area contributed by atoms with Gasteiger partial charge in [-0.2, -0.15) is 8.78 Å². The zero-order valence-corrected chi connectivity index (χ0v) is 14.5. The average molecular weight is 374 g/mol. The van der Waals surface area contributed by atoms with Crippen molar-refractivity contribution >= 4 is 11.6 Å². The molecule has 27 heavy (non-hydrogen) atoms. The van der Waals surface area contributed by atoms with Crippen molar-refractivity contribution in [2.45, 2.75) is 13.5 Å². The second-order valence-corrected chi connectivity index (χ2v) is 5.53. The quantitative estimate of drug-likeness (QED) is 0.687. The molecule has 1 heterocycles. The van der Waals surface area contributed by atoms with Crippen LogP contribution in [0.2, 0.25) is 0 Å². The molecule has 3 rings (SSSR count). The maximum atomic E-state index is 12.7. The van der Waals surface area contributed by atoms with Crippen molar-refractivity contribution in [3.63, 3.8) is 0 Å². The molecule has 2 aromatic carbocycles. The molecule has 0 aliphatic rings. The van der Waals surface area contributed by atoms with Gasteiger partial charge in [0.25, 0.3) is 5.91 Å². The van der Waals surface area contributed by atoms with E-state index in [0.717, 1.165) is 5.56 Å². The van der Waals surface area contributed by atoms with E-state index in [-0.39, 0.29) is 22.7 Å². The predicted octanol–water partition coefficient (Wildman–Crippen LogP) is 4.51. The Morgan fingerprint density at radius 1 is 1.15 bits per heavy atom. The number of carbonyl (C=O) groups is 1. The van der Waals surface area contributed by atoms with E-state index in [1.54, 1.807) is 19.1 Å². The Morgan fingerprint density at radius 3 is 2.56 bits per heavy atom. The number of carbonyl (C=O) groups excluding carboxylic acids is 1. The molecule has 1 N–H and O–H groups in total. The van der Waals surface area contributed by atoms with E-state index < -0.39 is 12.5 Å². The number of ether oxygens (including phenoxy) is 2. The summed E-state index contributed by atoms with van der Waals surface area (Å²) in [7, 11) is 1.33. The Labute approximate surface area is 153 Å². The summed E-state index contributed by atoms with van der Waals surface area (Å²) in [5, 5.41) is 6.59. The summed E-state index contributed by atoms with van der Waals surface area (Å²) < 4.78 is 39.7. The number of aromatic nitrogens is 1. The first-order valence-corrected chi connectivity index (χ1v) is 7.95. The first-order chi connectivity index (χ1) is 13.0. The van der Waals surface area contributed by atoms with Gasteiger partial charge in [0.2, 0.25) is 0 Å². The minimum atomic E-state index is -3.02. The summed E-state index contributed by atoms with van der Waals surface area (Å²) in [5.74, 6) is -0.209. The Balaban J connectivity index is 1.90. The fourth-order valence-electron chi connectivity index (χ4n) is 2.57. The highest BCUT2D eigenvalue weighted by Gasteiger charge is 2.22. The van der Waals surface area contributed by atoms with Crippen molar-refractivity contribution in [3.05, 3.63) is 59.9 Å². The smallest absolute Gasteiger partial charge is 0.387 e. The predicted molar refractivity (Wildman–Crippen MR) is 94.3 cm³/mol. The zero-order valence-electron chi connectivity index (χ0n) is 14.5. The molecule has 0 spiro atoms. The van der Waals surface area contributed by atoms with Crippen LogP contribution >= 0.6 is 0 Å². The van der Waals surface area contributed by atoms with E-state index in [1.807, 2.05) is 18.2 Å². The van der Waals surface area contributed by atoms with Crippen LogP contribution in [0.25, 0.3) is 11.3 Å². The van der Waals surface area contributed by atoms with Gasteiger partial charge in [-0.3, -0.25) is 4.79 Å². The zero-order chi connectivity index (χ0) is 19.4. The number of rotatable bonds is 6. The molecule has 140 valence electrons. The topological polar surface area (TPSA) is 73.6 Å². The highest BCUT2D eigenvalue weighted by Crippen LogP contribution is 2.32. The third-order valence-electron chi connectivity index (χ3n) is 3.77. The molecule has 0 aliphatic carbocycles. The number of nitrogens with one attached hydrogen (secondary N) is 1. The van der Waals surface area contributed by atoms with Crippen LogP contribution in [0.5, 0.6) is 11.5 Å². The molecule has 0 radical (unpaired) electrons. The number of halogens is 2. The van der Waals surface area contributed by atoms with Gasteiger partial charge in [-0.1, -0.05) is 35.5 Å². The first-order valence-electron chi connectivity index (χ1n) is 7.95. The molecule has 0 saturated heterocycles. The van der Waals surface area contributed by atoms with Gasteiger partial charge >= 0.3 is 6.61 Å². The fraction of sp³-hybridized carbons (Fsp3) is 0.158. The summed E-state index contributed by atoms with van der Waals surface area (Å²) in [4.78, 5) is 12.7. The van der Waals surface area contributed by atoms with Gasteiger partial charge in [0.15, 0.2) is 11.5 Å². The third-order valence-corrected chi connectivity index (χ3v) is 3.77. The molecule has 3 aromatic rings. The lowest BCUT2D eigenvalue weighted by Crippen LogP contribution is -2.14. The minimum absolute atomic E-state index is 0.124. The molecule has 0 atom stereocenters. The molecule has 0 bridgehead atoms. The summed E-state index contributed by atoms with van der Waals surface area (Å²) in [6.07, 6.45) is 0. The van der Waals surface area contributed by atoms with Gasteiger partial charge in [-0.25, -0.2) is 0 Å². The van der Waals surface area contributed by atoms with Crippen molar-refractivity contribution in [1.82, 2.24) is 5.16 Å². The maximum Gasteiger partial charge on any atom is 0.387 e. The van der Waals surface area contributed by atoms with Crippen LogP contribution in [0.4, 0.5) is 14.5 Å². The van der Waals surface area contributed by atoms with E-state index >= 15 is 0 Å². The highest BCUT2D eigenvalue weighted by atomic mass is 19.3. The monoisotopic (exact) mass is 374 g/mol. The van der Waals surface area contributed by atoms with Crippen LogP contribution in [0.1, 0.15) is 16.1 Å². The highest BCUT2D eigenvalue weighted by molar-refractivity contribution is 6.08. The van der Waals surface area contributed by atoms with Gasteiger partial charge in [0, 0.05) is 17.3 Å². The van der Waals surface area contributed by atoms with Crippen molar-refractivity contribution < 1.29 is 27.6 Å². The van der Waals surface area contributed by atoms with E-state index in [9.17, 15) is 13.6 Å². The maximum absolute atomic E-state index is 12.7. The molecule has 0 aliphatic heterocycles. The Bertz CT molecular complexity index is 942. The van der Waals surface area contributed by atoms with E-state index in [1.165, 1.54) is 25.3 Å². The van der Waals surface area contributed by atoms with Gasteiger partial charge in [0.05, 0.1) is 7.11 Å². The Hall–Kier alpha value is -3.42. The van der Waals surface area contributed by atoms with E-state index in [2.05, 4.69) is 15.2 Å². The lowest BCUT2D eigenvalue weighted by atomic mass is 10.1. The number of alkyl halides is 2. The summed E-state index contributed by atoms with van der Waals surface area (Å²) in [6.45, 7) is -1.40. The average Bonchev–Trinajstić information content (AvgIpc) is 3.04. The second-order valence-electron chi connectivity index (χ2n) is 5.53. The van der Waals surface area contributed by atoms with Gasteiger partial charge in [-0.15, -0.1) is 0 Å². The van der Waals surface area contributed by atoms with Crippen LogP contribution < -0.4 is 14.8 Å². The van der Waals surface area contributed by atoms with Gasteiger partial charge in [0.1, 0.15) is 17.0 Å². The number of methoxy groups -OCH3 is 1. The van der Waals surface area contributed by atoms with Crippen molar-refractivity contribution in [1.29, 1.82) is 0 Å².